The van der Waals surface area contributed by atoms with Gasteiger partial charge in [0.25, 0.3) is 0 Å². The van der Waals surface area contributed by atoms with Crippen LogP contribution in [0.15, 0.2) is 47.0 Å². The van der Waals surface area contributed by atoms with Gasteiger partial charge in [0.15, 0.2) is 11.5 Å². The lowest BCUT2D eigenvalue weighted by atomic mass is 10.0. The molecule has 0 spiro atoms. The second kappa shape index (κ2) is 9.67. The van der Waals surface area contributed by atoms with Crippen molar-refractivity contribution in [2.24, 2.45) is 0 Å². The molecule has 0 bridgehead atoms. The number of alkyl halides is 2. The van der Waals surface area contributed by atoms with Gasteiger partial charge in [-0.1, -0.05) is 35.8 Å². The van der Waals surface area contributed by atoms with Crippen LogP contribution in [0.2, 0.25) is 5.02 Å². The van der Waals surface area contributed by atoms with E-state index in [9.17, 15) is 8.78 Å². The molecule has 1 atom stereocenters. The first-order valence-corrected chi connectivity index (χ1v) is 9.32. The Morgan fingerprint density at radius 1 is 1.14 bits per heavy atom. The Hall–Kier alpha value is -2.71. The fourth-order valence-electron chi connectivity index (χ4n) is 2.85. The van der Waals surface area contributed by atoms with E-state index in [2.05, 4.69) is 27.1 Å². The SMILES string of the molecule is CCC(NCc1nc(-c2ccc(OC(F)F)c(OC)c2)no1)c1ccc(Cl)cc1. The molecule has 0 saturated carbocycles. The lowest BCUT2D eigenvalue weighted by Gasteiger charge is -2.16. The number of rotatable bonds is 9. The molecule has 0 fully saturated rings. The molecule has 0 aliphatic rings. The van der Waals surface area contributed by atoms with Gasteiger partial charge in [-0.3, -0.25) is 0 Å². The Morgan fingerprint density at radius 3 is 2.55 bits per heavy atom. The van der Waals surface area contributed by atoms with Gasteiger partial charge in [0, 0.05) is 16.6 Å². The first kappa shape index (κ1) is 21.0. The zero-order valence-corrected chi connectivity index (χ0v) is 16.6. The van der Waals surface area contributed by atoms with Crippen LogP contribution >= 0.6 is 11.6 Å². The van der Waals surface area contributed by atoms with Crippen molar-refractivity contribution >= 4 is 11.6 Å². The second-order valence-corrected chi connectivity index (χ2v) is 6.59. The number of hydrogen-bond donors (Lipinski definition) is 1. The molecule has 154 valence electrons. The van der Waals surface area contributed by atoms with Crippen molar-refractivity contribution in [3.63, 3.8) is 0 Å². The fraction of sp³-hybridized carbons (Fsp3) is 0.300. The van der Waals surface area contributed by atoms with Gasteiger partial charge >= 0.3 is 6.61 Å². The predicted octanol–water partition coefficient (Wildman–Crippen LogP) is 5.24. The Kier molecular flexibility index (Phi) is 7.00. The zero-order chi connectivity index (χ0) is 20.8. The normalized spacial score (nSPS) is 12.2. The van der Waals surface area contributed by atoms with E-state index in [0.29, 0.717) is 28.8 Å². The number of methoxy groups -OCH3 is 1. The summed E-state index contributed by atoms with van der Waals surface area (Å²) >= 11 is 5.94. The molecule has 0 saturated heterocycles. The van der Waals surface area contributed by atoms with Crippen LogP contribution in [0.5, 0.6) is 11.5 Å². The highest BCUT2D eigenvalue weighted by Gasteiger charge is 2.16. The van der Waals surface area contributed by atoms with E-state index < -0.39 is 6.61 Å². The van der Waals surface area contributed by atoms with E-state index in [1.54, 1.807) is 6.07 Å². The third-order valence-corrected chi connectivity index (χ3v) is 4.54. The minimum Gasteiger partial charge on any atom is -0.493 e. The highest BCUT2D eigenvalue weighted by Crippen LogP contribution is 2.32. The second-order valence-electron chi connectivity index (χ2n) is 6.15. The first-order chi connectivity index (χ1) is 14.0. The predicted molar refractivity (Wildman–Crippen MR) is 104 cm³/mol. The summed E-state index contributed by atoms with van der Waals surface area (Å²) in [5.74, 6) is 0.814. The average Bonchev–Trinajstić information content (AvgIpc) is 3.18. The highest BCUT2D eigenvalue weighted by molar-refractivity contribution is 6.30. The summed E-state index contributed by atoms with van der Waals surface area (Å²) in [5.41, 5.74) is 1.67. The van der Waals surface area contributed by atoms with E-state index in [0.717, 1.165) is 12.0 Å². The number of hydrogen-bond acceptors (Lipinski definition) is 6. The van der Waals surface area contributed by atoms with Crippen LogP contribution in [-0.2, 0) is 6.54 Å². The Balaban J connectivity index is 1.69. The van der Waals surface area contributed by atoms with Crippen LogP contribution < -0.4 is 14.8 Å². The van der Waals surface area contributed by atoms with Crippen LogP contribution in [-0.4, -0.2) is 23.9 Å². The number of nitrogens with zero attached hydrogens (tertiary/aromatic N) is 2. The molecule has 0 aliphatic heterocycles. The molecular formula is C20H20ClF2N3O3. The fourth-order valence-corrected chi connectivity index (χ4v) is 2.97. The van der Waals surface area contributed by atoms with E-state index in [-0.39, 0.29) is 17.5 Å². The largest absolute Gasteiger partial charge is 0.493 e. The number of aromatic nitrogens is 2. The van der Waals surface area contributed by atoms with Gasteiger partial charge in [-0.25, -0.2) is 0 Å². The lowest BCUT2D eigenvalue weighted by molar-refractivity contribution is -0.0512. The molecule has 29 heavy (non-hydrogen) atoms. The molecular weight excluding hydrogens is 404 g/mol. The summed E-state index contributed by atoms with van der Waals surface area (Å²) in [5, 5.41) is 8.01. The van der Waals surface area contributed by atoms with Crippen molar-refractivity contribution in [3.8, 4) is 22.9 Å². The summed E-state index contributed by atoms with van der Waals surface area (Å²) < 4.78 is 39.7. The Labute approximate surface area is 171 Å². The third-order valence-electron chi connectivity index (χ3n) is 4.29. The van der Waals surface area contributed by atoms with Crippen LogP contribution in [0, 0.1) is 0 Å². The van der Waals surface area contributed by atoms with Crippen molar-refractivity contribution in [1.29, 1.82) is 0 Å². The van der Waals surface area contributed by atoms with Crippen molar-refractivity contribution < 1.29 is 22.8 Å². The van der Waals surface area contributed by atoms with Gasteiger partial charge in [-0.15, -0.1) is 0 Å². The Morgan fingerprint density at radius 2 is 1.90 bits per heavy atom. The number of benzene rings is 2. The minimum atomic E-state index is -2.94. The number of halogens is 3. The van der Waals surface area contributed by atoms with E-state index in [1.165, 1.54) is 19.2 Å². The van der Waals surface area contributed by atoms with Crippen molar-refractivity contribution in [1.82, 2.24) is 15.5 Å². The average molecular weight is 424 g/mol. The molecule has 6 nitrogen and oxygen atoms in total. The molecule has 1 aromatic heterocycles. The smallest absolute Gasteiger partial charge is 0.387 e. The zero-order valence-electron chi connectivity index (χ0n) is 15.9. The lowest BCUT2D eigenvalue weighted by Crippen LogP contribution is -2.20. The van der Waals surface area contributed by atoms with Gasteiger partial charge < -0.3 is 19.3 Å². The van der Waals surface area contributed by atoms with E-state index in [4.69, 9.17) is 20.9 Å². The third kappa shape index (κ3) is 5.42. The molecule has 0 amide bonds. The van der Waals surface area contributed by atoms with E-state index in [1.807, 2.05) is 24.3 Å². The van der Waals surface area contributed by atoms with Crippen LogP contribution in [0.1, 0.15) is 30.8 Å². The standard InChI is InChI=1S/C20H20ClF2N3O3/c1-3-15(12-4-7-14(21)8-5-12)24-11-18-25-19(26-29-18)13-6-9-16(28-20(22)23)17(10-13)27-2/h4-10,15,20,24H,3,11H2,1-2H3. The maximum atomic E-state index is 12.5. The van der Waals surface area contributed by atoms with Gasteiger partial charge in [0.2, 0.25) is 11.7 Å². The van der Waals surface area contributed by atoms with Gasteiger partial charge in [0.1, 0.15) is 0 Å². The topological polar surface area (TPSA) is 69.4 Å². The molecule has 0 aliphatic carbocycles. The molecule has 3 aromatic rings. The number of nitrogens with one attached hydrogen (secondary N) is 1. The quantitative estimate of drug-likeness (QED) is 0.507. The minimum absolute atomic E-state index is 0.0645. The summed E-state index contributed by atoms with van der Waals surface area (Å²) in [4.78, 5) is 4.35. The molecule has 3 rings (SSSR count). The first-order valence-electron chi connectivity index (χ1n) is 8.94. The molecule has 2 aromatic carbocycles. The van der Waals surface area contributed by atoms with E-state index >= 15 is 0 Å². The summed E-state index contributed by atoms with van der Waals surface area (Å²) in [6, 6.07) is 12.2. The van der Waals surface area contributed by atoms with Crippen LogP contribution in [0.4, 0.5) is 8.78 Å². The van der Waals surface area contributed by atoms with Gasteiger partial charge in [-0.2, -0.15) is 13.8 Å². The molecule has 0 radical (unpaired) electrons. The summed E-state index contributed by atoms with van der Waals surface area (Å²) in [7, 11) is 1.37. The van der Waals surface area contributed by atoms with Gasteiger partial charge in [0.05, 0.1) is 13.7 Å². The summed E-state index contributed by atoms with van der Waals surface area (Å²) in [6.07, 6.45) is 0.866. The molecule has 1 N–H and O–H groups in total. The Bertz CT molecular complexity index is 935. The number of ether oxygens (including phenoxy) is 2. The van der Waals surface area contributed by atoms with Gasteiger partial charge in [-0.05, 0) is 42.3 Å². The monoisotopic (exact) mass is 423 g/mol. The maximum absolute atomic E-state index is 12.5. The summed E-state index contributed by atoms with van der Waals surface area (Å²) in [6.45, 7) is -0.497. The van der Waals surface area contributed by atoms with Crippen LogP contribution in [0.3, 0.4) is 0 Å². The molecule has 9 heteroatoms. The van der Waals surface area contributed by atoms with Crippen LogP contribution in [0.25, 0.3) is 11.4 Å². The van der Waals surface area contributed by atoms with Crippen molar-refractivity contribution in [2.45, 2.75) is 32.5 Å². The maximum Gasteiger partial charge on any atom is 0.387 e. The van der Waals surface area contributed by atoms with Crippen molar-refractivity contribution in [3.05, 3.63) is 58.9 Å². The highest BCUT2D eigenvalue weighted by atomic mass is 35.5. The van der Waals surface area contributed by atoms with Crippen molar-refractivity contribution in [2.75, 3.05) is 7.11 Å². The molecule has 1 heterocycles. The molecule has 1 unspecified atom stereocenters.